The first-order valence-electron chi connectivity index (χ1n) is 8.33. The molecule has 2 atom stereocenters. The molecule has 4 nitrogen and oxygen atoms in total. The number of hydrogen-bond acceptors (Lipinski definition) is 3. The summed E-state index contributed by atoms with van der Waals surface area (Å²) in [5.41, 5.74) is 1.43. The summed E-state index contributed by atoms with van der Waals surface area (Å²) in [5, 5.41) is 4.79. The van der Waals surface area contributed by atoms with E-state index in [0.29, 0.717) is 16.7 Å². The number of ether oxygens (including phenoxy) is 2. The minimum absolute atomic E-state index is 0.102. The van der Waals surface area contributed by atoms with Crippen LogP contribution in [0.4, 0.5) is 5.69 Å². The van der Waals surface area contributed by atoms with Gasteiger partial charge in [-0.1, -0.05) is 23.7 Å². The maximum atomic E-state index is 6.48. The van der Waals surface area contributed by atoms with Gasteiger partial charge in [-0.2, -0.15) is 0 Å². The number of nitrogens with one attached hydrogen (secondary N) is 1. The summed E-state index contributed by atoms with van der Waals surface area (Å²) in [6.07, 6.45) is 0.776. The van der Waals surface area contributed by atoms with Gasteiger partial charge in [0.15, 0.2) is 22.3 Å². The van der Waals surface area contributed by atoms with Crippen LogP contribution in [0.3, 0.4) is 0 Å². The lowest BCUT2D eigenvalue weighted by Gasteiger charge is -2.52. The highest BCUT2D eigenvalue weighted by atomic mass is 35.5. The average molecular weight is 375 g/mol. The van der Waals surface area contributed by atoms with E-state index in [1.165, 1.54) is 0 Å². The van der Waals surface area contributed by atoms with Crippen molar-refractivity contribution >= 4 is 34.6 Å². The molecular formula is C19H19ClN2O2S. The lowest BCUT2D eigenvalue weighted by atomic mass is 9.90. The van der Waals surface area contributed by atoms with E-state index in [4.69, 9.17) is 33.3 Å². The van der Waals surface area contributed by atoms with Crippen molar-refractivity contribution in [3.8, 4) is 11.5 Å². The largest absolute Gasteiger partial charge is 0.490 e. The Kier molecular flexibility index (Phi) is 4.01. The van der Waals surface area contributed by atoms with Crippen molar-refractivity contribution < 1.29 is 9.47 Å². The van der Waals surface area contributed by atoms with E-state index in [9.17, 15) is 0 Å². The van der Waals surface area contributed by atoms with E-state index in [2.05, 4.69) is 18.3 Å². The molecule has 6 heteroatoms. The molecule has 0 unspecified atom stereocenters. The van der Waals surface area contributed by atoms with Crippen molar-refractivity contribution in [2.24, 2.45) is 0 Å². The van der Waals surface area contributed by atoms with E-state index < -0.39 is 5.72 Å². The molecule has 0 spiro atoms. The first kappa shape index (κ1) is 16.5. The number of para-hydroxylation sites is 1. The lowest BCUT2D eigenvalue weighted by Crippen LogP contribution is -2.65. The van der Waals surface area contributed by atoms with Gasteiger partial charge >= 0.3 is 0 Å². The van der Waals surface area contributed by atoms with Crippen molar-refractivity contribution in [1.82, 2.24) is 5.32 Å². The molecule has 4 rings (SSSR count). The van der Waals surface area contributed by atoms with E-state index in [0.717, 1.165) is 29.2 Å². The summed E-state index contributed by atoms with van der Waals surface area (Å²) in [7, 11) is 0. The molecule has 1 N–H and O–H groups in total. The summed E-state index contributed by atoms with van der Waals surface area (Å²) in [6.45, 7) is 4.62. The normalized spacial score (nSPS) is 24.2. The van der Waals surface area contributed by atoms with Gasteiger partial charge in [0.2, 0.25) is 0 Å². The number of anilines is 1. The molecule has 0 aliphatic carbocycles. The standard InChI is InChI=1S/C19H19ClN2O2S/c1-3-23-16-6-4-5-14-15-11-19(2,24-17(14)16)22(18(25)21-15)13-9-7-12(20)8-10-13/h4-10,15H,3,11H2,1-2H3,(H,21,25)/t15-,19+/m0/s1. The van der Waals surface area contributed by atoms with Gasteiger partial charge in [-0.3, -0.25) is 4.90 Å². The topological polar surface area (TPSA) is 33.7 Å². The predicted molar refractivity (Wildman–Crippen MR) is 104 cm³/mol. The molecule has 2 heterocycles. The Balaban J connectivity index is 1.79. The van der Waals surface area contributed by atoms with E-state index in [1.807, 2.05) is 48.2 Å². The van der Waals surface area contributed by atoms with Crippen molar-refractivity contribution in [3.05, 3.63) is 53.1 Å². The van der Waals surface area contributed by atoms with Gasteiger partial charge in [0.05, 0.1) is 12.6 Å². The third-order valence-corrected chi connectivity index (χ3v) is 5.20. The maximum absolute atomic E-state index is 6.48. The van der Waals surface area contributed by atoms with Gasteiger partial charge in [0, 0.05) is 22.7 Å². The van der Waals surface area contributed by atoms with Crippen LogP contribution in [0.1, 0.15) is 31.9 Å². The highest BCUT2D eigenvalue weighted by Crippen LogP contribution is 2.49. The number of hydrogen-bond donors (Lipinski definition) is 1. The Bertz CT molecular complexity index is 827. The molecule has 25 heavy (non-hydrogen) atoms. The average Bonchev–Trinajstić information content (AvgIpc) is 2.57. The number of halogens is 1. The molecule has 2 bridgehead atoms. The van der Waals surface area contributed by atoms with E-state index in [1.54, 1.807) is 0 Å². The molecule has 2 aromatic rings. The van der Waals surface area contributed by atoms with Crippen LogP contribution in [-0.4, -0.2) is 17.4 Å². The van der Waals surface area contributed by atoms with Crippen molar-refractivity contribution in [3.63, 3.8) is 0 Å². The molecule has 2 aliphatic heterocycles. The SMILES string of the molecule is CCOc1cccc2c1O[C@]1(C)C[C@@H]2NC(=S)N1c1ccc(Cl)cc1. The van der Waals surface area contributed by atoms with Crippen molar-refractivity contribution in [2.75, 3.05) is 11.5 Å². The zero-order valence-corrected chi connectivity index (χ0v) is 15.7. The van der Waals surface area contributed by atoms with E-state index >= 15 is 0 Å². The minimum atomic E-state index is -0.596. The summed E-state index contributed by atoms with van der Waals surface area (Å²) in [4.78, 5) is 2.01. The van der Waals surface area contributed by atoms with Crippen LogP contribution in [-0.2, 0) is 0 Å². The highest BCUT2D eigenvalue weighted by molar-refractivity contribution is 7.80. The van der Waals surface area contributed by atoms with E-state index in [-0.39, 0.29) is 6.04 Å². The minimum Gasteiger partial charge on any atom is -0.490 e. The number of fused-ring (bicyclic) bond motifs is 4. The number of thiocarbonyl (C=S) groups is 1. The molecule has 130 valence electrons. The lowest BCUT2D eigenvalue weighted by molar-refractivity contribution is 0.0457. The van der Waals surface area contributed by atoms with Crippen molar-refractivity contribution in [2.45, 2.75) is 32.0 Å². The maximum Gasteiger partial charge on any atom is 0.188 e. The first-order chi connectivity index (χ1) is 12.0. The third-order valence-electron chi connectivity index (χ3n) is 4.65. The molecule has 1 saturated heterocycles. The summed E-state index contributed by atoms with van der Waals surface area (Å²) < 4.78 is 12.3. The molecule has 2 aliphatic rings. The fraction of sp³-hybridized carbons (Fsp3) is 0.316. The fourth-order valence-corrected chi connectivity index (χ4v) is 4.18. The fourth-order valence-electron chi connectivity index (χ4n) is 3.61. The second-order valence-electron chi connectivity index (χ2n) is 6.40. The quantitative estimate of drug-likeness (QED) is 0.789. The second kappa shape index (κ2) is 6.07. The smallest absolute Gasteiger partial charge is 0.188 e. The Labute approximate surface area is 157 Å². The molecule has 0 aromatic heterocycles. The van der Waals surface area contributed by atoms with Gasteiger partial charge in [-0.05, 0) is 56.4 Å². The van der Waals surface area contributed by atoms with Gasteiger partial charge in [-0.15, -0.1) is 0 Å². The molecular weight excluding hydrogens is 356 g/mol. The first-order valence-corrected chi connectivity index (χ1v) is 9.11. The molecule has 1 fully saturated rings. The summed E-state index contributed by atoms with van der Waals surface area (Å²) >= 11 is 11.7. The zero-order valence-electron chi connectivity index (χ0n) is 14.1. The van der Waals surface area contributed by atoms with Crippen LogP contribution in [0.25, 0.3) is 0 Å². The van der Waals surface area contributed by atoms with Gasteiger partial charge in [-0.25, -0.2) is 0 Å². The van der Waals surface area contributed by atoms with Crippen LogP contribution >= 0.6 is 23.8 Å². The van der Waals surface area contributed by atoms with Crippen LogP contribution in [0.5, 0.6) is 11.5 Å². The highest BCUT2D eigenvalue weighted by Gasteiger charge is 2.49. The Morgan fingerprint density at radius 1 is 1.32 bits per heavy atom. The van der Waals surface area contributed by atoms with Crippen LogP contribution < -0.4 is 19.7 Å². The number of rotatable bonds is 3. The van der Waals surface area contributed by atoms with Gasteiger partial charge < -0.3 is 14.8 Å². The summed E-state index contributed by atoms with van der Waals surface area (Å²) in [6, 6.07) is 13.7. The summed E-state index contributed by atoms with van der Waals surface area (Å²) in [5.74, 6) is 1.55. The molecule has 0 radical (unpaired) electrons. The molecule has 0 amide bonds. The number of benzene rings is 2. The van der Waals surface area contributed by atoms with Crippen LogP contribution in [0.2, 0.25) is 5.02 Å². The van der Waals surface area contributed by atoms with Gasteiger partial charge in [0.25, 0.3) is 0 Å². The van der Waals surface area contributed by atoms with Crippen LogP contribution in [0.15, 0.2) is 42.5 Å². The Morgan fingerprint density at radius 2 is 2.08 bits per heavy atom. The molecule has 0 saturated carbocycles. The van der Waals surface area contributed by atoms with Gasteiger partial charge in [0.1, 0.15) is 0 Å². The molecule has 2 aromatic carbocycles. The van der Waals surface area contributed by atoms with Crippen LogP contribution in [0, 0.1) is 0 Å². The monoisotopic (exact) mass is 374 g/mol. The third kappa shape index (κ3) is 2.71. The predicted octanol–water partition coefficient (Wildman–Crippen LogP) is 4.67. The second-order valence-corrected chi connectivity index (χ2v) is 7.23. The van der Waals surface area contributed by atoms with Crippen molar-refractivity contribution in [1.29, 1.82) is 0 Å². The zero-order chi connectivity index (χ0) is 17.6. The Morgan fingerprint density at radius 3 is 2.80 bits per heavy atom. The Hall–Kier alpha value is -1.98. The number of nitrogens with zero attached hydrogens (tertiary/aromatic N) is 1.